The molecule has 30 heavy (non-hydrogen) atoms. The van der Waals surface area contributed by atoms with Gasteiger partial charge in [-0.2, -0.15) is 4.31 Å². The molecular formula is C22H23FN2O4S. The number of rotatable bonds is 5. The molecule has 1 saturated carbocycles. The largest absolute Gasteiger partial charge is 0.340 e. The number of nitrogens with zero attached hydrogens (tertiary/aromatic N) is 2. The van der Waals surface area contributed by atoms with Crippen LogP contribution >= 0.6 is 0 Å². The van der Waals surface area contributed by atoms with Crippen LogP contribution in [0.4, 0.5) is 4.39 Å². The van der Waals surface area contributed by atoms with Gasteiger partial charge < -0.3 is 4.90 Å². The third kappa shape index (κ3) is 3.89. The molecule has 2 atom stereocenters. The molecule has 1 heterocycles. The number of piperazine rings is 1. The van der Waals surface area contributed by atoms with E-state index in [-0.39, 0.29) is 47.3 Å². The van der Waals surface area contributed by atoms with E-state index >= 15 is 0 Å². The third-order valence-corrected chi connectivity index (χ3v) is 7.74. The zero-order valence-electron chi connectivity index (χ0n) is 16.6. The normalized spacial score (nSPS) is 22.0. The Labute approximate surface area is 175 Å². The van der Waals surface area contributed by atoms with Gasteiger partial charge in [0.1, 0.15) is 5.82 Å². The van der Waals surface area contributed by atoms with Gasteiger partial charge in [-0.1, -0.05) is 30.3 Å². The van der Waals surface area contributed by atoms with Crippen molar-refractivity contribution in [3.8, 4) is 0 Å². The van der Waals surface area contributed by atoms with Gasteiger partial charge in [-0.15, -0.1) is 0 Å². The van der Waals surface area contributed by atoms with Gasteiger partial charge in [0.25, 0.3) is 0 Å². The predicted octanol–water partition coefficient (Wildman–Crippen LogP) is 2.66. The first kappa shape index (κ1) is 20.7. The van der Waals surface area contributed by atoms with Crippen molar-refractivity contribution >= 4 is 21.7 Å². The summed E-state index contributed by atoms with van der Waals surface area (Å²) in [5.41, 5.74) is 0.917. The van der Waals surface area contributed by atoms with Crippen molar-refractivity contribution in [2.75, 3.05) is 26.2 Å². The van der Waals surface area contributed by atoms with Gasteiger partial charge in [0.15, 0.2) is 5.78 Å². The van der Waals surface area contributed by atoms with Crippen molar-refractivity contribution < 1.29 is 22.4 Å². The number of ketones is 1. The van der Waals surface area contributed by atoms with Crippen molar-refractivity contribution in [2.45, 2.75) is 24.2 Å². The lowest BCUT2D eigenvalue weighted by molar-refractivity contribution is -0.133. The van der Waals surface area contributed by atoms with E-state index < -0.39 is 10.0 Å². The van der Waals surface area contributed by atoms with Crippen molar-refractivity contribution in [1.82, 2.24) is 9.21 Å². The molecule has 2 aromatic carbocycles. The summed E-state index contributed by atoms with van der Waals surface area (Å²) in [5, 5.41) is 0. The number of carbonyl (C=O) groups excluding carboxylic acids is 2. The highest BCUT2D eigenvalue weighted by Gasteiger charge is 2.47. The Balaban J connectivity index is 1.39. The monoisotopic (exact) mass is 430 g/mol. The van der Waals surface area contributed by atoms with E-state index in [1.165, 1.54) is 29.4 Å². The smallest absolute Gasteiger partial charge is 0.243 e. The van der Waals surface area contributed by atoms with E-state index in [0.29, 0.717) is 30.6 Å². The van der Waals surface area contributed by atoms with Crippen LogP contribution in [0.3, 0.4) is 0 Å². The fourth-order valence-electron chi connectivity index (χ4n) is 4.00. The number of hydrogen-bond donors (Lipinski definition) is 0. The van der Waals surface area contributed by atoms with Crippen LogP contribution in [0.1, 0.15) is 35.2 Å². The van der Waals surface area contributed by atoms with E-state index in [1.54, 1.807) is 35.2 Å². The van der Waals surface area contributed by atoms with E-state index in [0.717, 1.165) is 0 Å². The molecule has 2 aromatic rings. The molecule has 0 spiro atoms. The van der Waals surface area contributed by atoms with E-state index in [2.05, 4.69) is 0 Å². The first-order chi connectivity index (χ1) is 14.3. The maximum absolute atomic E-state index is 14.0. The SMILES string of the molecule is CC(=O)c1cccc(S(=O)(=O)N2CCN(C(=O)C3CC3c3ccccc3F)CC2)c1. The van der Waals surface area contributed by atoms with Gasteiger partial charge in [0.2, 0.25) is 15.9 Å². The fraction of sp³-hybridized carbons (Fsp3) is 0.364. The lowest BCUT2D eigenvalue weighted by atomic mass is 10.1. The van der Waals surface area contributed by atoms with E-state index in [9.17, 15) is 22.4 Å². The van der Waals surface area contributed by atoms with E-state index in [1.807, 2.05) is 0 Å². The fourth-order valence-corrected chi connectivity index (χ4v) is 5.46. The van der Waals surface area contributed by atoms with Gasteiger partial charge in [-0.25, -0.2) is 12.8 Å². The second-order valence-corrected chi connectivity index (χ2v) is 9.72. The number of carbonyl (C=O) groups is 2. The molecule has 2 fully saturated rings. The first-order valence-electron chi connectivity index (χ1n) is 9.93. The highest BCUT2D eigenvalue weighted by molar-refractivity contribution is 7.89. The van der Waals surface area contributed by atoms with Crippen LogP contribution < -0.4 is 0 Å². The Morgan fingerprint density at radius 1 is 1.00 bits per heavy atom. The second-order valence-electron chi connectivity index (χ2n) is 7.78. The summed E-state index contributed by atoms with van der Waals surface area (Å²) in [6.45, 7) is 2.36. The van der Waals surface area contributed by atoms with Crippen LogP contribution in [0.2, 0.25) is 0 Å². The Bertz CT molecular complexity index is 1090. The molecule has 4 rings (SSSR count). The quantitative estimate of drug-likeness (QED) is 0.684. The summed E-state index contributed by atoms with van der Waals surface area (Å²) in [5.74, 6) is -0.872. The number of hydrogen-bond acceptors (Lipinski definition) is 4. The lowest BCUT2D eigenvalue weighted by Gasteiger charge is -2.34. The predicted molar refractivity (Wildman–Crippen MR) is 109 cm³/mol. The summed E-state index contributed by atoms with van der Waals surface area (Å²) in [6.07, 6.45) is 0.621. The molecule has 0 bridgehead atoms. The van der Waals surface area contributed by atoms with Crippen molar-refractivity contribution in [3.05, 3.63) is 65.5 Å². The van der Waals surface area contributed by atoms with Gasteiger partial charge in [0.05, 0.1) is 4.90 Å². The standard InChI is InChI=1S/C22H23FN2O4S/c1-15(26)16-5-4-6-17(13-16)30(28,29)25-11-9-24(10-12-25)22(27)20-14-19(20)18-7-2-3-8-21(18)23/h2-8,13,19-20H,9-12,14H2,1H3. The Kier molecular flexibility index (Phi) is 5.46. The van der Waals surface area contributed by atoms with Gasteiger partial charge in [-0.3, -0.25) is 9.59 Å². The molecule has 2 unspecified atom stereocenters. The maximum Gasteiger partial charge on any atom is 0.243 e. The van der Waals surface area contributed by atoms with Crippen LogP contribution in [0.5, 0.6) is 0 Å². The molecule has 6 nitrogen and oxygen atoms in total. The average Bonchev–Trinajstić information content (AvgIpc) is 3.54. The molecule has 0 aromatic heterocycles. The molecule has 1 amide bonds. The molecule has 1 aliphatic heterocycles. The number of sulfonamides is 1. The molecule has 8 heteroatoms. The number of amides is 1. The van der Waals surface area contributed by atoms with Gasteiger partial charge in [-0.05, 0) is 43.0 Å². The molecule has 0 N–H and O–H groups in total. The minimum Gasteiger partial charge on any atom is -0.340 e. The summed E-state index contributed by atoms with van der Waals surface area (Å²) in [4.78, 5) is 26.1. The Hall–Kier alpha value is -2.58. The summed E-state index contributed by atoms with van der Waals surface area (Å²) < 4.78 is 41.2. The first-order valence-corrected chi connectivity index (χ1v) is 11.4. The van der Waals surface area contributed by atoms with Gasteiger partial charge >= 0.3 is 0 Å². The van der Waals surface area contributed by atoms with Crippen LogP contribution in [0.25, 0.3) is 0 Å². The molecule has 2 aliphatic rings. The lowest BCUT2D eigenvalue weighted by Crippen LogP contribution is -2.51. The zero-order chi connectivity index (χ0) is 21.5. The van der Waals surface area contributed by atoms with Crippen LogP contribution in [0.15, 0.2) is 53.4 Å². The summed E-state index contributed by atoms with van der Waals surface area (Å²) >= 11 is 0. The summed E-state index contributed by atoms with van der Waals surface area (Å²) in [6, 6.07) is 12.5. The molecule has 1 aliphatic carbocycles. The Morgan fingerprint density at radius 3 is 2.37 bits per heavy atom. The highest BCUT2D eigenvalue weighted by atomic mass is 32.2. The number of halogens is 1. The van der Waals surface area contributed by atoms with E-state index in [4.69, 9.17) is 0 Å². The average molecular weight is 431 g/mol. The molecule has 1 saturated heterocycles. The van der Waals surface area contributed by atoms with Gasteiger partial charge in [0, 0.05) is 37.7 Å². The summed E-state index contributed by atoms with van der Waals surface area (Å²) in [7, 11) is -3.74. The minimum atomic E-state index is -3.74. The second kappa shape index (κ2) is 7.92. The number of Topliss-reactive ketones (excluding diaryl/α,β-unsaturated/α-hetero) is 1. The van der Waals surface area contributed by atoms with Crippen LogP contribution in [0, 0.1) is 11.7 Å². The Morgan fingerprint density at radius 2 is 1.70 bits per heavy atom. The van der Waals surface area contributed by atoms with Crippen LogP contribution in [-0.4, -0.2) is 55.5 Å². The van der Waals surface area contributed by atoms with Crippen LogP contribution in [-0.2, 0) is 14.8 Å². The zero-order valence-corrected chi connectivity index (χ0v) is 17.4. The highest BCUT2D eigenvalue weighted by Crippen LogP contribution is 2.49. The topological polar surface area (TPSA) is 74.8 Å². The third-order valence-electron chi connectivity index (χ3n) is 5.84. The van der Waals surface area contributed by atoms with Crippen molar-refractivity contribution in [2.24, 2.45) is 5.92 Å². The molecule has 0 radical (unpaired) electrons. The minimum absolute atomic E-state index is 0.0427. The molecular weight excluding hydrogens is 407 g/mol. The molecule has 158 valence electrons. The number of benzene rings is 2. The van der Waals surface area contributed by atoms with Crippen molar-refractivity contribution in [1.29, 1.82) is 0 Å². The maximum atomic E-state index is 14.0. The van der Waals surface area contributed by atoms with Crippen molar-refractivity contribution in [3.63, 3.8) is 0 Å².